The van der Waals surface area contributed by atoms with Gasteiger partial charge in [-0.25, -0.2) is 4.79 Å². The van der Waals surface area contributed by atoms with Crippen LogP contribution in [-0.2, 0) is 4.79 Å². The smallest absolute Gasteiger partial charge is 0.332 e. The van der Waals surface area contributed by atoms with E-state index >= 15 is 0 Å². The van der Waals surface area contributed by atoms with E-state index in [1.54, 1.807) is 6.08 Å². The zero-order chi connectivity index (χ0) is 7.28. The molecule has 0 amide bonds. The summed E-state index contributed by atoms with van der Waals surface area (Å²) in [6, 6.07) is 0. The Morgan fingerprint density at radius 2 is 2.33 bits per heavy atom. The van der Waals surface area contributed by atoms with Crippen molar-refractivity contribution in [2.24, 2.45) is 0 Å². The highest BCUT2D eigenvalue weighted by molar-refractivity contribution is 9.09. The Hall–Kier alpha value is -0.310. The fourth-order valence-corrected chi connectivity index (χ4v) is 0.914. The van der Waals surface area contributed by atoms with Gasteiger partial charge >= 0.3 is 5.97 Å². The number of aliphatic carboxylic acids is 1. The third-order valence-corrected chi connectivity index (χ3v) is 1.47. The standard InChI is InChI=1S/C6H9BrO2/c1-2-3-5(4-7)6(8)9/h3H,2,4H2,1H3,(H,8,9)/b5-3+. The quantitative estimate of drug-likeness (QED) is 0.548. The maximum Gasteiger partial charge on any atom is 0.332 e. The molecule has 1 N–H and O–H groups in total. The number of hydrogen-bond donors (Lipinski definition) is 1. The molecule has 3 heteroatoms. The second kappa shape index (κ2) is 4.56. The van der Waals surface area contributed by atoms with E-state index in [9.17, 15) is 4.79 Å². The van der Waals surface area contributed by atoms with Crippen LogP contribution in [0.15, 0.2) is 11.6 Å². The van der Waals surface area contributed by atoms with Crippen LogP contribution in [0.1, 0.15) is 13.3 Å². The van der Waals surface area contributed by atoms with E-state index in [1.807, 2.05) is 6.92 Å². The molecule has 0 aromatic rings. The molecule has 0 aliphatic carbocycles. The van der Waals surface area contributed by atoms with Crippen molar-refractivity contribution in [3.63, 3.8) is 0 Å². The van der Waals surface area contributed by atoms with Crippen molar-refractivity contribution in [1.29, 1.82) is 0 Å². The minimum atomic E-state index is -0.839. The van der Waals surface area contributed by atoms with Gasteiger partial charge in [-0.05, 0) is 6.42 Å². The summed E-state index contributed by atoms with van der Waals surface area (Å²) in [6.07, 6.45) is 2.46. The molecule has 0 aliphatic heterocycles. The van der Waals surface area contributed by atoms with Crippen molar-refractivity contribution >= 4 is 21.9 Å². The summed E-state index contributed by atoms with van der Waals surface area (Å²) in [5.41, 5.74) is 0.428. The second-order valence-corrected chi connectivity index (χ2v) is 2.14. The van der Waals surface area contributed by atoms with Crippen molar-refractivity contribution in [3.8, 4) is 0 Å². The fourth-order valence-electron chi connectivity index (χ4n) is 0.445. The number of rotatable bonds is 3. The van der Waals surface area contributed by atoms with E-state index in [4.69, 9.17) is 5.11 Å². The fraction of sp³-hybridized carbons (Fsp3) is 0.500. The average Bonchev–Trinajstić information content (AvgIpc) is 1.82. The van der Waals surface area contributed by atoms with Crippen molar-refractivity contribution < 1.29 is 9.90 Å². The molecule has 0 rings (SSSR count). The zero-order valence-electron chi connectivity index (χ0n) is 5.22. The maximum absolute atomic E-state index is 10.2. The van der Waals surface area contributed by atoms with E-state index in [1.165, 1.54) is 0 Å². The van der Waals surface area contributed by atoms with Gasteiger partial charge in [0.25, 0.3) is 0 Å². The normalized spacial score (nSPS) is 11.6. The first-order valence-electron chi connectivity index (χ1n) is 2.70. The largest absolute Gasteiger partial charge is 0.478 e. The molecule has 0 unspecified atom stereocenters. The maximum atomic E-state index is 10.2. The highest BCUT2D eigenvalue weighted by Crippen LogP contribution is 2.00. The number of carboxylic acid groups (broad SMARTS) is 1. The topological polar surface area (TPSA) is 37.3 Å². The Balaban J connectivity index is 3.98. The molecule has 0 atom stereocenters. The second-order valence-electron chi connectivity index (χ2n) is 1.58. The molecule has 0 bridgehead atoms. The number of carboxylic acids is 1. The van der Waals surface area contributed by atoms with Crippen LogP contribution in [0, 0.1) is 0 Å². The number of carbonyl (C=O) groups is 1. The first kappa shape index (κ1) is 8.69. The van der Waals surface area contributed by atoms with Crippen molar-refractivity contribution in [2.45, 2.75) is 13.3 Å². The minimum Gasteiger partial charge on any atom is -0.478 e. The molecule has 0 saturated carbocycles. The van der Waals surface area contributed by atoms with E-state index in [-0.39, 0.29) is 0 Å². The van der Waals surface area contributed by atoms with Crippen LogP contribution in [0.25, 0.3) is 0 Å². The van der Waals surface area contributed by atoms with Gasteiger partial charge in [-0.15, -0.1) is 0 Å². The average molecular weight is 193 g/mol. The van der Waals surface area contributed by atoms with Gasteiger partial charge in [0, 0.05) is 10.9 Å². The molecular weight excluding hydrogens is 184 g/mol. The van der Waals surface area contributed by atoms with Gasteiger partial charge < -0.3 is 5.11 Å². The van der Waals surface area contributed by atoms with Crippen LogP contribution >= 0.6 is 15.9 Å². The molecule has 0 aromatic carbocycles. The Morgan fingerprint density at radius 3 is 2.44 bits per heavy atom. The van der Waals surface area contributed by atoms with E-state index in [2.05, 4.69) is 15.9 Å². The number of hydrogen-bond acceptors (Lipinski definition) is 1. The lowest BCUT2D eigenvalue weighted by Gasteiger charge is -1.92. The summed E-state index contributed by atoms with van der Waals surface area (Å²) in [5, 5.41) is 8.83. The van der Waals surface area contributed by atoms with Gasteiger partial charge in [-0.3, -0.25) is 0 Å². The Morgan fingerprint density at radius 1 is 1.78 bits per heavy atom. The lowest BCUT2D eigenvalue weighted by Crippen LogP contribution is -2.00. The first-order chi connectivity index (χ1) is 4.22. The summed E-state index contributed by atoms with van der Waals surface area (Å²) in [7, 11) is 0. The van der Waals surface area contributed by atoms with Gasteiger partial charge in [0.05, 0.1) is 0 Å². The van der Waals surface area contributed by atoms with Crippen LogP contribution in [0.4, 0.5) is 0 Å². The highest BCUT2D eigenvalue weighted by Gasteiger charge is 2.01. The van der Waals surface area contributed by atoms with Crippen molar-refractivity contribution in [1.82, 2.24) is 0 Å². The Bertz CT molecular complexity index is 129. The molecule has 9 heavy (non-hydrogen) atoms. The van der Waals surface area contributed by atoms with Crippen molar-refractivity contribution in [3.05, 3.63) is 11.6 Å². The first-order valence-corrected chi connectivity index (χ1v) is 3.82. The van der Waals surface area contributed by atoms with Gasteiger partial charge in [-0.1, -0.05) is 28.9 Å². The lowest BCUT2D eigenvalue weighted by molar-refractivity contribution is -0.132. The molecule has 0 radical (unpaired) electrons. The molecule has 0 aromatic heterocycles. The summed E-state index contributed by atoms with van der Waals surface area (Å²) in [6.45, 7) is 1.91. The number of halogens is 1. The molecule has 2 nitrogen and oxygen atoms in total. The summed E-state index contributed by atoms with van der Waals surface area (Å²) < 4.78 is 0. The summed E-state index contributed by atoms with van der Waals surface area (Å²) >= 11 is 3.07. The van der Waals surface area contributed by atoms with Crippen LogP contribution in [0.2, 0.25) is 0 Å². The minimum absolute atomic E-state index is 0.427. The molecular formula is C6H9BrO2. The summed E-state index contributed by atoms with van der Waals surface area (Å²) in [5.74, 6) is -0.839. The van der Waals surface area contributed by atoms with Crippen LogP contribution in [-0.4, -0.2) is 16.4 Å². The van der Waals surface area contributed by atoms with E-state index in [0.29, 0.717) is 10.9 Å². The third kappa shape index (κ3) is 3.30. The molecule has 0 heterocycles. The van der Waals surface area contributed by atoms with Gasteiger partial charge in [0.1, 0.15) is 0 Å². The third-order valence-electron chi connectivity index (χ3n) is 0.869. The Kier molecular flexibility index (Phi) is 4.40. The van der Waals surface area contributed by atoms with Crippen LogP contribution in [0.5, 0.6) is 0 Å². The van der Waals surface area contributed by atoms with Gasteiger partial charge in [0.15, 0.2) is 0 Å². The number of allylic oxidation sites excluding steroid dienone is 1. The van der Waals surface area contributed by atoms with Gasteiger partial charge in [0.2, 0.25) is 0 Å². The van der Waals surface area contributed by atoms with Crippen LogP contribution < -0.4 is 0 Å². The monoisotopic (exact) mass is 192 g/mol. The summed E-state index contributed by atoms with van der Waals surface area (Å²) in [4.78, 5) is 10.2. The zero-order valence-corrected chi connectivity index (χ0v) is 6.81. The SMILES string of the molecule is CC/C=C(\CBr)C(=O)O. The van der Waals surface area contributed by atoms with Gasteiger partial charge in [-0.2, -0.15) is 0 Å². The molecule has 0 saturated heterocycles. The highest BCUT2D eigenvalue weighted by atomic mass is 79.9. The van der Waals surface area contributed by atoms with E-state index < -0.39 is 5.97 Å². The molecule has 0 aliphatic rings. The number of alkyl halides is 1. The molecule has 52 valence electrons. The lowest BCUT2D eigenvalue weighted by atomic mass is 10.2. The molecule has 0 spiro atoms. The predicted octanol–water partition coefficient (Wildman–Crippen LogP) is 1.80. The van der Waals surface area contributed by atoms with Crippen molar-refractivity contribution in [2.75, 3.05) is 5.33 Å². The van der Waals surface area contributed by atoms with E-state index in [0.717, 1.165) is 6.42 Å². The predicted molar refractivity (Wildman–Crippen MR) is 39.8 cm³/mol. The Labute approximate surface area is 62.7 Å². The van der Waals surface area contributed by atoms with Crippen LogP contribution in [0.3, 0.4) is 0 Å². The molecule has 0 fully saturated rings.